The largest absolute Gasteiger partial charge is 0.481 e. The Kier molecular flexibility index (Phi) is 5.35. The first-order valence-electron chi connectivity index (χ1n) is 8.56. The summed E-state index contributed by atoms with van der Waals surface area (Å²) in [5.74, 6) is 0.465. The van der Waals surface area contributed by atoms with Gasteiger partial charge in [0, 0.05) is 49.1 Å². The van der Waals surface area contributed by atoms with Gasteiger partial charge in [0.05, 0.1) is 19.0 Å². The molecule has 0 atom stereocenters. The number of carbonyl (C=O) groups is 1. The van der Waals surface area contributed by atoms with Crippen LogP contribution >= 0.6 is 0 Å². The Hall–Kier alpha value is -3.42. The third-order valence-corrected chi connectivity index (χ3v) is 4.13. The predicted octanol–water partition coefficient (Wildman–Crippen LogP) is 2.22. The zero-order valence-corrected chi connectivity index (χ0v) is 15.6. The molecule has 140 valence electrons. The molecule has 2 aromatic heterocycles. The minimum absolute atomic E-state index is 0.0643. The van der Waals surface area contributed by atoms with Crippen LogP contribution in [-0.4, -0.2) is 44.7 Å². The van der Waals surface area contributed by atoms with Crippen LogP contribution in [0.4, 0.5) is 5.95 Å². The summed E-state index contributed by atoms with van der Waals surface area (Å²) in [6.45, 7) is 3.33. The maximum absolute atomic E-state index is 12.7. The molecule has 0 saturated carbocycles. The number of hydrogen-bond acceptors (Lipinski definition) is 6. The number of amides is 1. The van der Waals surface area contributed by atoms with E-state index in [4.69, 9.17) is 10.5 Å². The molecular formula is C19H22N6O2. The summed E-state index contributed by atoms with van der Waals surface area (Å²) in [6, 6.07) is 8.91. The summed E-state index contributed by atoms with van der Waals surface area (Å²) in [5, 5.41) is 4.23. The van der Waals surface area contributed by atoms with Gasteiger partial charge in [-0.05, 0) is 19.1 Å². The summed E-state index contributed by atoms with van der Waals surface area (Å²) in [7, 11) is 3.29. The van der Waals surface area contributed by atoms with E-state index in [-0.39, 0.29) is 11.9 Å². The standard InChI is InChI=1S/C19H22N6O2/c1-4-25-12-13(10-21-25)11-24(2)18(26)15-7-5-14(6-8-15)16-9-17(27-3)23-19(20)22-16/h5-10,12H,4,11H2,1-3H3,(H2,20,22,23). The van der Waals surface area contributed by atoms with Crippen molar-refractivity contribution in [3.63, 3.8) is 0 Å². The molecule has 3 rings (SSSR count). The highest BCUT2D eigenvalue weighted by molar-refractivity contribution is 5.94. The van der Waals surface area contributed by atoms with Crippen molar-refractivity contribution >= 4 is 11.9 Å². The van der Waals surface area contributed by atoms with Crippen molar-refractivity contribution in [2.45, 2.75) is 20.0 Å². The summed E-state index contributed by atoms with van der Waals surface area (Å²) in [5.41, 5.74) is 8.76. The van der Waals surface area contributed by atoms with Crippen molar-refractivity contribution in [2.75, 3.05) is 19.9 Å². The highest BCUT2D eigenvalue weighted by atomic mass is 16.5. The Balaban J connectivity index is 1.74. The number of aryl methyl sites for hydroxylation is 1. The van der Waals surface area contributed by atoms with E-state index >= 15 is 0 Å². The summed E-state index contributed by atoms with van der Waals surface area (Å²) < 4.78 is 6.96. The van der Waals surface area contributed by atoms with Crippen molar-refractivity contribution < 1.29 is 9.53 Å². The van der Waals surface area contributed by atoms with Crippen molar-refractivity contribution in [3.8, 4) is 17.1 Å². The fourth-order valence-corrected chi connectivity index (χ4v) is 2.71. The minimum atomic E-state index is -0.0643. The van der Waals surface area contributed by atoms with Gasteiger partial charge >= 0.3 is 0 Å². The second kappa shape index (κ2) is 7.86. The molecule has 2 N–H and O–H groups in total. The van der Waals surface area contributed by atoms with E-state index in [2.05, 4.69) is 15.1 Å². The first-order chi connectivity index (χ1) is 13.0. The predicted molar refractivity (Wildman–Crippen MR) is 102 cm³/mol. The fraction of sp³-hybridized carbons (Fsp3) is 0.263. The van der Waals surface area contributed by atoms with Gasteiger partial charge in [0.25, 0.3) is 5.91 Å². The normalized spacial score (nSPS) is 10.6. The Morgan fingerprint density at radius 2 is 2.00 bits per heavy atom. The number of rotatable bonds is 6. The van der Waals surface area contributed by atoms with E-state index in [1.54, 1.807) is 36.3 Å². The van der Waals surface area contributed by atoms with E-state index in [1.807, 2.05) is 29.9 Å². The second-order valence-electron chi connectivity index (χ2n) is 6.10. The number of nitrogen functional groups attached to an aromatic ring is 1. The number of nitrogens with zero attached hydrogens (tertiary/aromatic N) is 5. The van der Waals surface area contributed by atoms with Gasteiger partial charge < -0.3 is 15.4 Å². The lowest BCUT2D eigenvalue weighted by Crippen LogP contribution is -2.26. The van der Waals surface area contributed by atoms with Crippen molar-refractivity contribution in [1.82, 2.24) is 24.6 Å². The fourth-order valence-electron chi connectivity index (χ4n) is 2.71. The monoisotopic (exact) mass is 366 g/mol. The van der Waals surface area contributed by atoms with Gasteiger partial charge in [-0.3, -0.25) is 9.48 Å². The molecule has 2 heterocycles. The van der Waals surface area contributed by atoms with Gasteiger partial charge in [0.15, 0.2) is 0 Å². The summed E-state index contributed by atoms with van der Waals surface area (Å²) in [4.78, 5) is 22.5. The molecule has 27 heavy (non-hydrogen) atoms. The van der Waals surface area contributed by atoms with Crippen LogP contribution in [0.15, 0.2) is 42.7 Å². The first-order valence-corrected chi connectivity index (χ1v) is 8.56. The number of anilines is 1. The molecule has 0 spiro atoms. The van der Waals surface area contributed by atoms with Crippen LogP contribution in [0.25, 0.3) is 11.3 Å². The molecule has 8 heteroatoms. The molecule has 0 saturated heterocycles. The van der Waals surface area contributed by atoms with Crippen LogP contribution in [0.2, 0.25) is 0 Å². The van der Waals surface area contributed by atoms with Crippen LogP contribution in [0.3, 0.4) is 0 Å². The summed E-state index contributed by atoms with van der Waals surface area (Å²) >= 11 is 0. The maximum Gasteiger partial charge on any atom is 0.253 e. The average molecular weight is 366 g/mol. The van der Waals surface area contributed by atoms with Crippen molar-refractivity contribution in [2.24, 2.45) is 0 Å². The molecule has 0 fully saturated rings. The number of aromatic nitrogens is 4. The second-order valence-corrected chi connectivity index (χ2v) is 6.10. The molecule has 8 nitrogen and oxygen atoms in total. The van der Waals surface area contributed by atoms with E-state index < -0.39 is 0 Å². The van der Waals surface area contributed by atoms with Crippen molar-refractivity contribution in [1.29, 1.82) is 0 Å². The van der Waals surface area contributed by atoms with E-state index in [9.17, 15) is 4.79 Å². The topological polar surface area (TPSA) is 99.2 Å². The summed E-state index contributed by atoms with van der Waals surface area (Å²) in [6.07, 6.45) is 3.73. The number of carbonyl (C=O) groups excluding carboxylic acids is 1. The highest BCUT2D eigenvalue weighted by Crippen LogP contribution is 2.22. The average Bonchev–Trinajstić information content (AvgIpc) is 3.14. The van der Waals surface area contributed by atoms with E-state index in [1.165, 1.54) is 7.11 Å². The molecule has 0 radical (unpaired) electrons. The molecule has 0 aliphatic rings. The van der Waals surface area contributed by atoms with Gasteiger partial charge in [-0.25, -0.2) is 4.98 Å². The number of hydrogen-bond donors (Lipinski definition) is 1. The Labute approximate surface area is 157 Å². The number of benzene rings is 1. The Bertz CT molecular complexity index is 936. The highest BCUT2D eigenvalue weighted by Gasteiger charge is 2.14. The van der Waals surface area contributed by atoms with Gasteiger partial charge in [-0.15, -0.1) is 0 Å². The minimum Gasteiger partial charge on any atom is -0.481 e. The lowest BCUT2D eigenvalue weighted by molar-refractivity contribution is 0.0785. The van der Waals surface area contributed by atoms with Crippen LogP contribution in [0, 0.1) is 0 Å². The number of ether oxygens (including phenoxy) is 1. The van der Waals surface area contributed by atoms with Gasteiger partial charge in [-0.2, -0.15) is 10.1 Å². The third-order valence-electron chi connectivity index (χ3n) is 4.13. The molecule has 1 aromatic carbocycles. The SMILES string of the molecule is CCn1cc(CN(C)C(=O)c2ccc(-c3cc(OC)nc(N)n3)cc2)cn1. The van der Waals surface area contributed by atoms with Crippen LogP contribution in [-0.2, 0) is 13.1 Å². The molecule has 1 amide bonds. The molecule has 3 aromatic rings. The maximum atomic E-state index is 12.7. The third kappa shape index (κ3) is 4.22. The lowest BCUT2D eigenvalue weighted by atomic mass is 10.1. The molecule has 0 aliphatic carbocycles. The van der Waals surface area contributed by atoms with Gasteiger partial charge in [0.2, 0.25) is 11.8 Å². The number of methoxy groups -OCH3 is 1. The van der Waals surface area contributed by atoms with Crippen molar-refractivity contribution in [3.05, 3.63) is 53.9 Å². The van der Waals surface area contributed by atoms with Crippen LogP contribution in [0.5, 0.6) is 5.88 Å². The molecular weight excluding hydrogens is 344 g/mol. The van der Waals surface area contributed by atoms with Crippen LogP contribution < -0.4 is 10.5 Å². The Morgan fingerprint density at radius 1 is 1.26 bits per heavy atom. The quantitative estimate of drug-likeness (QED) is 0.718. The first kappa shape index (κ1) is 18.4. The van der Waals surface area contributed by atoms with Gasteiger partial charge in [-0.1, -0.05) is 12.1 Å². The van der Waals surface area contributed by atoms with E-state index in [0.717, 1.165) is 17.7 Å². The van der Waals surface area contributed by atoms with E-state index in [0.29, 0.717) is 23.7 Å². The molecule has 0 unspecified atom stereocenters. The molecule has 0 bridgehead atoms. The lowest BCUT2D eigenvalue weighted by Gasteiger charge is -2.16. The number of nitrogens with two attached hydrogens (primary N) is 1. The van der Waals surface area contributed by atoms with Crippen LogP contribution in [0.1, 0.15) is 22.8 Å². The zero-order valence-electron chi connectivity index (χ0n) is 15.6. The van der Waals surface area contributed by atoms with Gasteiger partial charge in [0.1, 0.15) is 0 Å². The Morgan fingerprint density at radius 3 is 2.63 bits per heavy atom. The smallest absolute Gasteiger partial charge is 0.253 e. The zero-order chi connectivity index (χ0) is 19.4. The molecule has 0 aliphatic heterocycles.